The third-order valence-electron chi connectivity index (χ3n) is 5.16. The van der Waals surface area contributed by atoms with E-state index in [1.807, 2.05) is 41.7 Å². The van der Waals surface area contributed by atoms with Crippen LogP contribution in [0.25, 0.3) is 21.5 Å². The first kappa shape index (κ1) is 17.8. The molecule has 0 saturated heterocycles. The van der Waals surface area contributed by atoms with E-state index in [0.29, 0.717) is 12.4 Å². The fourth-order valence-corrected chi connectivity index (χ4v) is 5.70. The average Bonchev–Trinajstić information content (AvgIpc) is 3.04. The standard InChI is InChI=1S/C22H18BrN3OS/c23-20-15-8-4-5-9-18(15)28-19(20)13-26-11-10-17-16(12-26)22(27)25-21(24-17)14-6-2-1-3-7-14/h1-9H,10-13H2,(H,24,25,27). The molecular weight excluding hydrogens is 434 g/mol. The zero-order valence-corrected chi connectivity index (χ0v) is 17.5. The summed E-state index contributed by atoms with van der Waals surface area (Å²) in [7, 11) is 0. The summed E-state index contributed by atoms with van der Waals surface area (Å²) in [6, 6.07) is 18.3. The fraction of sp³-hybridized carbons (Fsp3) is 0.182. The van der Waals surface area contributed by atoms with Crippen molar-refractivity contribution in [3.05, 3.63) is 85.6 Å². The Kier molecular flexibility index (Phi) is 4.62. The van der Waals surface area contributed by atoms with Crippen molar-refractivity contribution in [2.75, 3.05) is 6.54 Å². The van der Waals surface area contributed by atoms with Gasteiger partial charge in [-0.15, -0.1) is 11.3 Å². The molecule has 4 aromatic rings. The van der Waals surface area contributed by atoms with E-state index in [2.05, 4.69) is 50.1 Å². The number of nitrogens with one attached hydrogen (secondary N) is 1. The molecule has 2 aromatic carbocycles. The summed E-state index contributed by atoms with van der Waals surface area (Å²) >= 11 is 5.58. The van der Waals surface area contributed by atoms with Gasteiger partial charge in [0.2, 0.25) is 0 Å². The van der Waals surface area contributed by atoms with Crippen LogP contribution in [0.15, 0.2) is 63.9 Å². The van der Waals surface area contributed by atoms with Gasteiger partial charge in [-0.05, 0) is 22.0 Å². The van der Waals surface area contributed by atoms with Crippen molar-refractivity contribution in [3.8, 4) is 11.4 Å². The Balaban J connectivity index is 1.42. The van der Waals surface area contributed by atoms with Gasteiger partial charge in [0.1, 0.15) is 5.82 Å². The predicted octanol–water partition coefficient (Wildman–Crippen LogP) is 4.97. The van der Waals surface area contributed by atoms with Crippen molar-refractivity contribution in [2.45, 2.75) is 19.5 Å². The van der Waals surface area contributed by atoms with Crippen molar-refractivity contribution in [3.63, 3.8) is 0 Å². The molecule has 1 aliphatic rings. The highest BCUT2D eigenvalue weighted by Crippen LogP contribution is 2.36. The zero-order chi connectivity index (χ0) is 19.1. The highest BCUT2D eigenvalue weighted by Gasteiger charge is 2.23. The molecular formula is C22H18BrN3OS. The van der Waals surface area contributed by atoms with E-state index in [1.165, 1.54) is 19.4 Å². The number of halogens is 1. The number of nitrogens with zero attached hydrogens (tertiary/aromatic N) is 2. The molecule has 2 aromatic heterocycles. The highest BCUT2D eigenvalue weighted by molar-refractivity contribution is 9.10. The van der Waals surface area contributed by atoms with Gasteiger partial charge in [0.15, 0.2) is 0 Å². The van der Waals surface area contributed by atoms with E-state index in [4.69, 9.17) is 4.98 Å². The van der Waals surface area contributed by atoms with Crippen LogP contribution in [0.2, 0.25) is 0 Å². The van der Waals surface area contributed by atoms with Crippen molar-refractivity contribution >= 4 is 37.4 Å². The second-order valence-corrected chi connectivity index (χ2v) is 8.93. The first-order valence-corrected chi connectivity index (χ1v) is 10.9. The van der Waals surface area contributed by atoms with Crippen LogP contribution in [0.4, 0.5) is 0 Å². The molecule has 3 heterocycles. The number of rotatable bonds is 3. The van der Waals surface area contributed by atoms with E-state index in [0.717, 1.165) is 36.3 Å². The summed E-state index contributed by atoms with van der Waals surface area (Å²) in [6.07, 6.45) is 0.793. The molecule has 1 N–H and O–H groups in total. The van der Waals surface area contributed by atoms with E-state index in [1.54, 1.807) is 0 Å². The van der Waals surface area contributed by atoms with Gasteiger partial charge in [0, 0.05) is 51.1 Å². The summed E-state index contributed by atoms with van der Waals surface area (Å²) in [4.78, 5) is 24.1. The molecule has 0 fully saturated rings. The molecule has 6 heteroatoms. The van der Waals surface area contributed by atoms with E-state index < -0.39 is 0 Å². The third kappa shape index (κ3) is 3.21. The van der Waals surface area contributed by atoms with Gasteiger partial charge >= 0.3 is 0 Å². The number of thiophene rings is 1. The monoisotopic (exact) mass is 451 g/mol. The molecule has 140 valence electrons. The van der Waals surface area contributed by atoms with Gasteiger partial charge in [-0.25, -0.2) is 4.98 Å². The minimum atomic E-state index is -0.0241. The molecule has 0 unspecified atom stereocenters. The number of hydrogen-bond donors (Lipinski definition) is 1. The number of aromatic nitrogens is 2. The molecule has 0 atom stereocenters. The number of benzene rings is 2. The first-order chi connectivity index (χ1) is 13.7. The van der Waals surface area contributed by atoms with Crippen LogP contribution in [0.3, 0.4) is 0 Å². The topological polar surface area (TPSA) is 49.0 Å². The maximum Gasteiger partial charge on any atom is 0.255 e. The molecule has 0 spiro atoms. The van der Waals surface area contributed by atoms with Crippen molar-refractivity contribution in [2.24, 2.45) is 0 Å². The van der Waals surface area contributed by atoms with Crippen molar-refractivity contribution in [1.29, 1.82) is 0 Å². The Hall–Kier alpha value is -2.28. The molecule has 0 saturated carbocycles. The van der Waals surface area contributed by atoms with E-state index in [9.17, 15) is 4.79 Å². The Morgan fingerprint density at radius 1 is 1.11 bits per heavy atom. The highest BCUT2D eigenvalue weighted by atomic mass is 79.9. The van der Waals surface area contributed by atoms with Crippen molar-refractivity contribution < 1.29 is 0 Å². The molecule has 0 bridgehead atoms. The lowest BCUT2D eigenvalue weighted by molar-refractivity contribution is 0.243. The lowest BCUT2D eigenvalue weighted by atomic mass is 10.1. The van der Waals surface area contributed by atoms with Crippen molar-refractivity contribution in [1.82, 2.24) is 14.9 Å². The van der Waals surface area contributed by atoms with Gasteiger partial charge < -0.3 is 4.98 Å². The molecule has 28 heavy (non-hydrogen) atoms. The normalized spacial score (nSPS) is 14.3. The first-order valence-electron chi connectivity index (χ1n) is 9.25. The molecule has 0 amide bonds. The van der Waals surface area contributed by atoms with E-state index in [-0.39, 0.29) is 5.56 Å². The lowest BCUT2D eigenvalue weighted by Crippen LogP contribution is -2.35. The Morgan fingerprint density at radius 2 is 1.89 bits per heavy atom. The van der Waals surface area contributed by atoms with Gasteiger partial charge in [-0.3, -0.25) is 9.69 Å². The van der Waals surface area contributed by atoms with Gasteiger partial charge in [0.25, 0.3) is 5.56 Å². The quantitative estimate of drug-likeness (QED) is 0.478. The minimum Gasteiger partial charge on any atom is -0.306 e. The average molecular weight is 452 g/mol. The maximum atomic E-state index is 12.7. The predicted molar refractivity (Wildman–Crippen MR) is 118 cm³/mol. The molecule has 1 aliphatic heterocycles. The molecule has 0 aliphatic carbocycles. The zero-order valence-electron chi connectivity index (χ0n) is 15.1. The number of fused-ring (bicyclic) bond motifs is 2. The van der Waals surface area contributed by atoms with Gasteiger partial charge in [0.05, 0.1) is 11.3 Å². The van der Waals surface area contributed by atoms with Crippen LogP contribution < -0.4 is 5.56 Å². The van der Waals surface area contributed by atoms with Crippen LogP contribution in [-0.2, 0) is 19.5 Å². The summed E-state index contributed by atoms with van der Waals surface area (Å²) in [5.41, 5.74) is 2.64. The van der Waals surface area contributed by atoms with Crippen LogP contribution in [0.5, 0.6) is 0 Å². The summed E-state index contributed by atoms with van der Waals surface area (Å²) in [5.74, 6) is 0.657. The van der Waals surface area contributed by atoms with Crippen LogP contribution in [0.1, 0.15) is 16.1 Å². The summed E-state index contributed by atoms with van der Waals surface area (Å²) < 4.78 is 2.46. The minimum absolute atomic E-state index is 0.0241. The van der Waals surface area contributed by atoms with Crippen LogP contribution >= 0.6 is 27.3 Å². The Morgan fingerprint density at radius 3 is 2.71 bits per heavy atom. The largest absolute Gasteiger partial charge is 0.306 e. The fourth-order valence-electron chi connectivity index (χ4n) is 3.72. The number of aromatic amines is 1. The third-order valence-corrected chi connectivity index (χ3v) is 7.49. The second kappa shape index (κ2) is 7.28. The Labute approximate surface area is 175 Å². The SMILES string of the molecule is O=c1[nH]c(-c2ccccc2)nc2c1CN(Cc1sc3ccccc3c1Br)CC2. The lowest BCUT2D eigenvalue weighted by Gasteiger charge is -2.27. The van der Waals surface area contributed by atoms with Crippen LogP contribution in [-0.4, -0.2) is 21.4 Å². The van der Waals surface area contributed by atoms with Crippen LogP contribution in [0, 0.1) is 0 Å². The number of hydrogen-bond acceptors (Lipinski definition) is 4. The number of H-pyrrole nitrogens is 1. The summed E-state index contributed by atoms with van der Waals surface area (Å²) in [5, 5.41) is 1.26. The smallest absolute Gasteiger partial charge is 0.255 e. The summed E-state index contributed by atoms with van der Waals surface area (Å²) in [6.45, 7) is 2.37. The molecule has 5 rings (SSSR count). The van der Waals surface area contributed by atoms with E-state index >= 15 is 0 Å². The van der Waals surface area contributed by atoms with Gasteiger partial charge in [-0.2, -0.15) is 0 Å². The Bertz CT molecular complexity index is 1220. The molecule has 4 nitrogen and oxygen atoms in total. The molecule has 0 radical (unpaired) electrons. The second-order valence-electron chi connectivity index (χ2n) is 7.00. The van der Waals surface area contributed by atoms with Gasteiger partial charge in [-0.1, -0.05) is 48.5 Å². The maximum absolute atomic E-state index is 12.7.